The topological polar surface area (TPSA) is 84.2 Å². The van der Waals surface area contributed by atoms with Gasteiger partial charge in [-0.05, 0) is 42.4 Å². The number of rotatable bonds is 10. The Hall–Kier alpha value is -2.37. The zero-order chi connectivity index (χ0) is 22.5. The lowest BCUT2D eigenvalue weighted by Gasteiger charge is -2.17. The predicted octanol–water partition coefficient (Wildman–Crippen LogP) is 5.04. The van der Waals surface area contributed by atoms with Gasteiger partial charge in [0, 0.05) is 18.5 Å². The third-order valence-corrected chi connectivity index (χ3v) is 6.54. The van der Waals surface area contributed by atoms with Crippen LogP contribution in [0.5, 0.6) is 0 Å². The number of aliphatic carboxylic acids is 1. The Kier molecular flexibility index (Phi) is 7.74. The number of nitrogens with zero attached hydrogens (tertiary/aromatic N) is 2. The van der Waals surface area contributed by atoms with E-state index in [1.807, 2.05) is 26.0 Å². The third kappa shape index (κ3) is 5.86. The van der Waals surface area contributed by atoms with Crippen LogP contribution in [0.4, 0.5) is 0 Å². The van der Waals surface area contributed by atoms with Crippen molar-refractivity contribution in [2.75, 3.05) is 0 Å². The second kappa shape index (κ2) is 10.3. The van der Waals surface area contributed by atoms with E-state index < -0.39 is 12.0 Å². The second-order valence-electron chi connectivity index (χ2n) is 9.70. The van der Waals surface area contributed by atoms with Gasteiger partial charge in [0.25, 0.3) is 5.91 Å². The first kappa shape index (κ1) is 23.3. The molecule has 1 saturated carbocycles. The summed E-state index contributed by atoms with van der Waals surface area (Å²) in [6, 6.07) is 4.68. The van der Waals surface area contributed by atoms with Crippen LogP contribution < -0.4 is 5.32 Å². The van der Waals surface area contributed by atoms with Gasteiger partial charge < -0.3 is 15.0 Å². The van der Waals surface area contributed by atoms with E-state index in [-0.39, 0.29) is 11.8 Å². The maximum Gasteiger partial charge on any atom is 0.326 e. The Morgan fingerprint density at radius 3 is 2.55 bits per heavy atom. The van der Waals surface area contributed by atoms with Gasteiger partial charge in [-0.1, -0.05) is 59.8 Å². The molecule has 3 rings (SSSR count). The van der Waals surface area contributed by atoms with Gasteiger partial charge in [0.2, 0.25) is 0 Å². The van der Waals surface area contributed by atoms with Crippen molar-refractivity contribution in [3.8, 4) is 0 Å². The SMILES string of the molecule is CCC(C)Cn1c(CC2CCCC2)nc2cc(C(=O)NC(CC(C)C)C(=O)O)ccc21. The molecule has 0 radical (unpaired) electrons. The number of carboxylic acid groups (broad SMARTS) is 1. The van der Waals surface area contributed by atoms with Gasteiger partial charge in [-0.3, -0.25) is 4.79 Å². The molecule has 0 spiro atoms. The van der Waals surface area contributed by atoms with Gasteiger partial charge in [0.05, 0.1) is 11.0 Å². The molecule has 1 aliphatic carbocycles. The third-order valence-electron chi connectivity index (χ3n) is 6.54. The van der Waals surface area contributed by atoms with Crippen molar-refractivity contribution in [2.24, 2.45) is 17.8 Å². The molecule has 2 aromatic rings. The summed E-state index contributed by atoms with van der Waals surface area (Å²) in [6.07, 6.45) is 7.65. The normalized spacial score (nSPS) is 16.7. The highest BCUT2D eigenvalue weighted by Gasteiger charge is 2.24. The largest absolute Gasteiger partial charge is 0.480 e. The van der Waals surface area contributed by atoms with Crippen molar-refractivity contribution in [1.29, 1.82) is 0 Å². The minimum Gasteiger partial charge on any atom is -0.480 e. The number of hydrogen-bond acceptors (Lipinski definition) is 3. The van der Waals surface area contributed by atoms with E-state index in [0.29, 0.717) is 23.8 Å². The minimum absolute atomic E-state index is 0.179. The van der Waals surface area contributed by atoms with Crippen molar-refractivity contribution in [3.63, 3.8) is 0 Å². The molecule has 2 N–H and O–H groups in total. The number of hydrogen-bond donors (Lipinski definition) is 2. The summed E-state index contributed by atoms with van der Waals surface area (Å²) in [5, 5.41) is 12.1. The number of carboxylic acids is 1. The zero-order valence-electron chi connectivity index (χ0n) is 19.4. The molecule has 6 nitrogen and oxygen atoms in total. The molecule has 1 heterocycles. The average molecular weight is 428 g/mol. The van der Waals surface area contributed by atoms with Crippen LogP contribution in [0.3, 0.4) is 0 Å². The van der Waals surface area contributed by atoms with Crippen molar-refractivity contribution in [1.82, 2.24) is 14.9 Å². The number of fused-ring (bicyclic) bond motifs is 1. The summed E-state index contributed by atoms with van der Waals surface area (Å²) >= 11 is 0. The monoisotopic (exact) mass is 427 g/mol. The minimum atomic E-state index is -1.00. The Balaban J connectivity index is 1.88. The van der Waals surface area contributed by atoms with Gasteiger partial charge in [-0.25, -0.2) is 9.78 Å². The molecule has 2 atom stereocenters. The quantitative estimate of drug-likeness (QED) is 0.556. The van der Waals surface area contributed by atoms with Crippen LogP contribution in [0, 0.1) is 17.8 Å². The van der Waals surface area contributed by atoms with E-state index in [2.05, 4.69) is 23.7 Å². The summed E-state index contributed by atoms with van der Waals surface area (Å²) in [6.45, 7) is 9.29. The van der Waals surface area contributed by atoms with Crippen LogP contribution in [0.25, 0.3) is 11.0 Å². The van der Waals surface area contributed by atoms with Crippen molar-refractivity contribution in [2.45, 2.75) is 85.2 Å². The highest BCUT2D eigenvalue weighted by molar-refractivity contribution is 5.99. The molecule has 31 heavy (non-hydrogen) atoms. The molecule has 0 bridgehead atoms. The fourth-order valence-corrected chi connectivity index (χ4v) is 4.53. The number of carbonyl (C=O) groups is 2. The van der Waals surface area contributed by atoms with Gasteiger partial charge in [0.1, 0.15) is 11.9 Å². The molecule has 0 saturated heterocycles. The van der Waals surface area contributed by atoms with Gasteiger partial charge >= 0.3 is 5.97 Å². The van der Waals surface area contributed by atoms with Crippen LogP contribution in [0.1, 0.15) is 82.4 Å². The maximum atomic E-state index is 12.8. The molecule has 6 heteroatoms. The molecule has 170 valence electrons. The molecule has 1 amide bonds. The summed E-state index contributed by atoms with van der Waals surface area (Å²) in [5.41, 5.74) is 2.34. The lowest BCUT2D eigenvalue weighted by Crippen LogP contribution is -2.41. The van der Waals surface area contributed by atoms with E-state index >= 15 is 0 Å². The summed E-state index contributed by atoms with van der Waals surface area (Å²) in [5.74, 6) is 1.18. The first-order valence-electron chi connectivity index (χ1n) is 11.8. The molecule has 1 aliphatic rings. The number of imidazole rings is 1. The first-order valence-corrected chi connectivity index (χ1v) is 11.8. The average Bonchev–Trinajstić information content (AvgIpc) is 3.35. The second-order valence-corrected chi connectivity index (χ2v) is 9.70. The van der Waals surface area contributed by atoms with E-state index in [1.54, 1.807) is 6.07 Å². The summed E-state index contributed by atoms with van der Waals surface area (Å²) in [4.78, 5) is 29.2. The molecular weight excluding hydrogens is 390 g/mol. The number of amides is 1. The number of carbonyl (C=O) groups excluding carboxylic acids is 1. The molecule has 2 unspecified atom stereocenters. The van der Waals surface area contributed by atoms with Crippen LogP contribution >= 0.6 is 0 Å². The van der Waals surface area contributed by atoms with Crippen molar-refractivity contribution >= 4 is 22.9 Å². The van der Waals surface area contributed by atoms with Gasteiger partial charge in [-0.2, -0.15) is 0 Å². The van der Waals surface area contributed by atoms with Gasteiger partial charge in [-0.15, -0.1) is 0 Å². The number of benzene rings is 1. The van der Waals surface area contributed by atoms with Crippen molar-refractivity contribution in [3.05, 3.63) is 29.6 Å². The summed E-state index contributed by atoms with van der Waals surface area (Å²) < 4.78 is 2.34. The van der Waals surface area contributed by atoms with Crippen LogP contribution in [0.2, 0.25) is 0 Å². The van der Waals surface area contributed by atoms with Gasteiger partial charge in [0.15, 0.2) is 0 Å². The zero-order valence-corrected chi connectivity index (χ0v) is 19.4. The van der Waals surface area contributed by atoms with E-state index in [9.17, 15) is 14.7 Å². The van der Waals surface area contributed by atoms with Crippen LogP contribution in [-0.2, 0) is 17.8 Å². The van der Waals surface area contributed by atoms with Crippen LogP contribution in [0.15, 0.2) is 18.2 Å². The Labute approximate surface area is 185 Å². The highest BCUT2D eigenvalue weighted by Crippen LogP contribution is 2.30. The molecule has 0 aliphatic heterocycles. The molecular formula is C25H37N3O3. The highest BCUT2D eigenvalue weighted by atomic mass is 16.4. The van der Waals surface area contributed by atoms with Crippen LogP contribution in [-0.4, -0.2) is 32.6 Å². The standard InChI is InChI=1S/C25H37N3O3/c1-5-17(4)15-28-22-11-10-19(24(29)27-21(25(30)31)12-16(2)3)14-20(22)26-23(28)13-18-8-6-7-9-18/h10-11,14,16-18,21H,5-9,12-13,15H2,1-4H3,(H,27,29)(H,30,31). The number of nitrogens with one attached hydrogen (secondary N) is 1. The lowest BCUT2D eigenvalue weighted by molar-refractivity contribution is -0.139. The Morgan fingerprint density at radius 1 is 1.23 bits per heavy atom. The Morgan fingerprint density at radius 2 is 1.94 bits per heavy atom. The first-order chi connectivity index (χ1) is 14.8. The molecule has 1 fully saturated rings. The van der Waals surface area contributed by atoms with E-state index in [1.165, 1.54) is 25.7 Å². The Bertz CT molecular complexity index is 912. The number of aromatic nitrogens is 2. The molecule has 1 aromatic carbocycles. The predicted molar refractivity (Wildman–Crippen MR) is 123 cm³/mol. The smallest absolute Gasteiger partial charge is 0.326 e. The van der Waals surface area contributed by atoms with E-state index in [4.69, 9.17) is 4.98 Å². The maximum absolute atomic E-state index is 12.8. The van der Waals surface area contributed by atoms with Crippen molar-refractivity contribution < 1.29 is 14.7 Å². The lowest BCUT2D eigenvalue weighted by atomic mass is 10.0. The molecule has 1 aromatic heterocycles. The summed E-state index contributed by atoms with van der Waals surface area (Å²) in [7, 11) is 0. The fourth-order valence-electron chi connectivity index (χ4n) is 4.53. The van der Waals surface area contributed by atoms with E-state index in [0.717, 1.165) is 36.2 Å². The fraction of sp³-hybridized carbons (Fsp3) is 0.640.